The van der Waals surface area contributed by atoms with Crippen LogP contribution >= 0.6 is 11.6 Å². The molecule has 0 saturated carbocycles. The van der Waals surface area contributed by atoms with Gasteiger partial charge in [-0.3, -0.25) is 14.2 Å². The van der Waals surface area contributed by atoms with Gasteiger partial charge >= 0.3 is 5.97 Å². The molecule has 2 rings (SSSR count). The quantitative estimate of drug-likeness (QED) is 0.567. The average molecular weight is 349 g/mol. The first-order valence-electron chi connectivity index (χ1n) is 7.98. The van der Waals surface area contributed by atoms with Crippen LogP contribution in [0.25, 0.3) is 11.3 Å². The van der Waals surface area contributed by atoms with Gasteiger partial charge in [-0.2, -0.15) is 0 Å². The minimum absolute atomic E-state index is 0.120. The molecule has 0 aliphatic carbocycles. The first-order chi connectivity index (χ1) is 11.5. The third kappa shape index (κ3) is 4.68. The molecule has 1 aromatic carbocycles. The van der Waals surface area contributed by atoms with Crippen molar-refractivity contribution in [2.45, 2.75) is 39.2 Å². The van der Waals surface area contributed by atoms with Crippen molar-refractivity contribution in [2.75, 3.05) is 7.11 Å². The van der Waals surface area contributed by atoms with Crippen molar-refractivity contribution in [1.29, 1.82) is 0 Å². The van der Waals surface area contributed by atoms with Crippen molar-refractivity contribution >= 4 is 17.6 Å². The van der Waals surface area contributed by atoms with Crippen LogP contribution in [-0.4, -0.2) is 22.6 Å². The molecule has 0 aliphatic rings. The Balaban J connectivity index is 2.42. The van der Waals surface area contributed by atoms with Crippen LogP contribution in [-0.2, 0) is 22.5 Å². The van der Waals surface area contributed by atoms with Gasteiger partial charge in [-0.05, 0) is 18.6 Å². The van der Waals surface area contributed by atoms with Crippen LogP contribution in [0, 0.1) is 0 Å². The normalized spacial score (nSPS) is 10.6. The molecule has 0 saturated heterocycles. The summed E-state index contributed by atoms with van der Waals surface area (Å²) in [7, 11) is 1.31. The molecule has 24 heavy (non-hydrogen) atoms. The van der Waals surface area contributed by atoms with Gasteiger partial charge in [-0.25, -0.2) is 4.98 Å². The molecule has 0 fully saturated rings. The molecule has 0 radical (unpaired) electrons. The SMILES string of the molecule is CCCCCc1nc(-c2ccc(Cl)cc2)cc(=O)n1CC(=O)OC. The molecule has 0 spiro atoms. The standard InChI is InChI=1S/C18H21ClN2O3/c1-3-4-5-6-16-20-15(13-7-9-14(19)10-8-13)11-17(22)21(16)12-18(23)24-2/h7-11H,3-6,12H2,1-2H3. The Bertz CT molecular complexity index is 754. The van der Waals surface area contributed by atoms with Crippen molar-refractivity contribution in [3.05, 3.63) is 51.5 Å². The Labute approximate surface area is 146 Å². The van der Waals surface area contributed by atoms with E-state index in [1.165, 1.54) is 17.7 Å². The summed E-state index contributed by atoms with van der Waals surface area (Å²) in [4.78, 5) is 28.7. The lowest BCUT2D eigenvalue weighted by Gasteiger charge is -2.13. The fraction of sp³-hybridized carbons (Fsp3) is 0.389. The van der Waals surface area contributed by atoms with E-state index >= 15 is 0 Å². The number of halogens is 1. The molecule has 2 aromatic rings. The highest BCUT2D eigenvalue weighted by Gasteiger charge is 2.13. The Morgan fingerprint density at radius 2 is 1.96 bits per heavy atom. The van der Waals surface area contributed by atoms with Crippen molar-refractivity contribution in [3.8, 4) is 11.3 Å². The third-order valence-corrected chi connectivity index (χ3v) is 4.00. The Morgan fingerprint density at radius 3 is 2.58 bits per heavy atom. The van der Waals surface area contributed by atoms with Gasteiger partial charge in [0, 0.05) is 23.1 Å². The van der Waals surface area contributed by atoms with Gasteiger partial charge in [0.25, 0.3) is 5.56 Å². The molecule has 6 heteroatoms. The minimum Gasteiger partial charge on any atom is -0.468 e. The van der Waals surface area contributed by atoms with Gasteiger partial charge in [0.05, 0.1) is 12.8 Å². The highest BCUT2D eigenvalue weighted by atomic mass is 35.5. The molecule has 0 atom stereocenters. The van der Waals surface area contributed by atoms with Crippen LogP contribution < -0.4 is 5.56 Å². The highest BCUT2D eigenvalue weighted by molar-refractivity contribution is 6.30. The zero-order valence-corrected chi connectivity index (χ0v) is 14.7. The maximum Gasteiger partial charge on any atom is 0.325 e. The highest BCUT2D eigenvalue weighted by Crippen LogP contribution is 2.19. The number of aryl methyl sites for hydroxylation is 1. The maximum atomic E-state index is 12.5. The minimum atomic E-state index is -0.463. The fourth-order valence-corrected chi connectivity index (χ4v) is 2.54. The molecule has 0 aliphatic heterocycles. The molecule has 1 heterocycles. The van der Waals surface area contributed by atoms with Gasteiger partial charge in [0.1, 0.15) is 12.4 Å². The van der Waals surface area contributed by atoms with Crippen LogP contribution in [0.15, 0.2) is 35.1 Å². The maximum absolute atomic E-state index is 12.5. The van der Waals surface area contributed by atoms with Crippen LogP contribution in [0.1, 0.15) is 32.0 Å². The Hall–Kier alpha value is -2.14. The molecule has 0 N–H and O–H groups in total. The fourth-order valence-electron chi connectivity index (χ4n) is 2.41. The number of ether oxygens (including phenoxy) is 1. The molecule has 0 unspecified atom stereocenters. The van der Waals surface area contributed by atoms with E-state index in [0.717, 1.165) is 24.8 Å². The molecule has 128 valence electrons. The summed E-state index contributed by atoms with van der Waals surface area (Å²) in [6.45, 7) is 1.99. The Kier molecular flexibility index (Phi) is 6.55. The van der Waals surface area contributed by atoms with E-state index in [1.54, 1.807) is 12.1 Å². The predicted molar refractivity (Wildman–Crippen MR) is 94.2 cm³/mol. The number of unbranched alkanes of at least 4 members (excludes halogenated alkanes) is 2. The molecule has 0 amide bonds. The van der Waals surface area contributed by atoms with E-state index < -0.39 is 5.97 Å². The second kappa shape index (κ2) is 8.64. The summed E-state index contributed by atoms with van der Waals surface area (Å²) in [6, 6.07) is 8.61. The summed E-state index contributed by atoms with van der Waals surface area (Å²) in [5, 5.41) is 0.626. The Morgan fingerprint density at radius 1 is 1.25 bits per heavy atom. The second-order valence-electron chi connectivity index (χ2n) is 5.52. The lowest BCUT2D eigenvalue weighted by atomic mass is 10.1. The van der Waals surface area contributed by atoms with Gasteiger partial charge in [-0.1, -0.05) is 43.5 Å². The average Bonchev–Trinajstić information content (AvgIpc) is 2.58. The van der Waals surface area contributed by atoms with E-state index in [1.807, 2.05) is 12.1 Å². The second-order valence-corrected chi connectivity index (χ2v) is 5.96. The van der Waals surface area contributed by atoms with Crippen LogP contribution in [0.2, 0.25) is 5.02 Å². The van der Waals surface area contributed by atoms with Crippen LogP contribution in [0.4, 0.5) is 0 Å². The molecule has 5 nitrogen and oxygen atoms in total. The number of carbonyl (C=O) groups is 1. The van der Waals surface area contributed by atoms with Gasteiger partial charge < -0.3 is 4.74 Å². The number of benzene rings is 1. The van der Waals surface area contributed by atoms with Gasteiger partial charge in [-0.15, -0.1) is 0 Å². The lowest BCUT2D eigenvalue weighted by Crippen LogP contribution is -2.29. The predicted octanol–water partition coefficient (Wildman–Crippen LogP) is 3.47. The van der Waals surface area contributed by atoms with Crippen LogP contribution in [0.5, 0.6) is 0 Å². The first kappa shape index (κ1) is 18.2. The lowest BCUT2D eigenvalue weighted by molar-refractivity contribution is -0.141. The zero-order valence-electron chi connectivity index (χ0n) is 13.9. The number of nitrogens with zero attached hydrogens (tertiary/aromatic N) is 2. The van der Waals surface area contributed by atoms with E-state index in [2.05, 4.69) is 16.6 Å². The number of esters is 1. The summed E-state index contributed by atoms with van der Waals surface area (Å²) in [6.07, 6.45) is 3.66. The van der Waals surface area contributed by atoms with E-state index in [-0.39, 0.29) is 12.1 Å². The summed E-state index contributed by atoms with van der Waals surface area (Å²) >= 11 is 5.91. The number of aromatic nitrogens is 2. The van der Waals surface area contributed by atoms with Crippen molar-refractivity contribution in [1.82, 2.24) is 9.55 Å². The largest absolute Gasteiger partial charge is 0.468 e. The number of hydrogen-bond donors (Lipinski definition) is 0. The number of hydrogen-bond acceptors (Lipinski definition) is 4. The summed E-state index contributed by atoms with van der Waals surface area (Å²) in [5.74, 6) is 0.140. The van der Waals surface area contributed by atoms with E-state index in [0.29, 0.717) is 23.0 Å². The van der Waals surface area contributed by atoms with E-state index in [4.69, 9.17) is 11.6 Å². The number of carbonyl (C=O) groups excluding carboxylic acids is 1. The van der Waals surface area contributed by atoms with Crippen LogP contribution in [0.3, 0.4) is 0 Å². The monoisotopic (exact) mass is 348 g/mol. The molecular weight excluding hydrogens is 328 g/mol. The number of methoxy groups -OCH3 is 1. The summed E-state index contributed by atoms with van der Waals surface area (Å²) in [5.41, 5.74) is 1.15. The summed E-state index contributed by atoms with van der Waals surface area (Å²) < 4.78 is 6.07. The van der Waals surface area contributed by atoms with Crippen molar-refractivity contribution in [3.63, 3.8) is 0 Å². The van der Waals surface area contributed by atoms with E-state index in [9.17, 15) is 9.59 Å². The van der Waals surface area contributed by atoms with Crippen molar-refractivity contribution in [2.24, 2.45) is 0 Å². The first-order valence-corrected chi connectivity index (χ1v) is 8.36. The number of rotatable bonds is 7. The van der Waals surface area contributed by atoms with Gasteiger partial charge in [0.2, 0.25) is 0 Å². The molecular formula is C18H21ClN2O3. The molecule has 0 bridgehead atoms. The van der Waals surface area contributed by atoms with Gasteiger partial charge in [0.15, 0.2) is 0 Å². The zero-order chi connectivity index (χ0) is 17.5. The molecule has 1 aromatic heterocycles. The third-order valence-electron chi connectivity index (χ3n) is 3.75. The topological polar surface area (TPSA) is 61.2 Å². The smallest absolute Gasteiger partial charge is 0.325 e. The van der Waals surface area contributed by atoms with Crippen molar-refractivity contribution < 1.29 is 9.53 Å².